The Balaban J connectivity index is 0.00000210. The third kappa shape index (κ3) is 3.87. The number of likely N-dealkylation sites (tertiary alicyclic amines) is 1. The average Bonchev–Trinajstić information content (AvgIpc) is 3.06. The summed E-state index contributed by atoms with van der Waals surface area (Å²) in [6.45, 7) is 6.23. The summed E-state index contributed by atoms with van der Waals surface area (Å²) in [5.74, 6) is 2.99. The van der Waals surface area contributed by atoms with Crippen LogP contribution in [-0.2, 0) is 9.59 Å². The quantitative estimate of drug-likeness (QED) is 0.748. The largest absolute Gasteiger partial charge is 0.344 e. The van der Waals surface area contributed by atoms with Crippen molar-refractivity contribution >= 4 is 24.2 Å². The normalized spacial score (nSPS) is 38.0. The van der Waals surface area contributed by atoms with Crippen LogP contribution in [0.5, 0.6) is 0 Å². The molecule has 154 valence electrons. The number of halogens is 1. The average molecular weight is 398 g/mol. The van der Waals surface area contributed by atoms with Crippen LogP contribution in [0.25, 0.3) is 0 Å². The fourth-order valence-electron chi connectivity index (χ4n) is 6.62. The van der Waals surface area contributed by atoms with Crippen LogP contribution in [0.1, 0.15) is 58.8 Å². The van der Waals surface area contributed by atoms with E-state index in [-0.39, 0.29) is 35.6 Å². The van der Waals surface area contributed by atoms with Crippen molar-refractivity contribution in [2.45, 2.75) is 64.8 Å². The van der Waals surface area contributed by atoms with Gasteiger partial charge in [-0.05, 0) is 81.1 Å². The van der Waals surface area contributed by atoms with Gasteiger partial charge in [0.05, 0.1) is 0 Å². The lowest BCUT2D eigenvalue weighted by molar-refractivity contribution is -0.150. The number of nitrogens with zero attached hydrogens (tertiary/aromatic N) is 1. The number of hydrogen-bond acceptors (Lipinski definition) is 3. The molecule has 5 nitrogen and oxygen atoms in total. The summed E-state index contributed by atoms with van der Waals surface area (Å²) in [6.07, 6.45) is 8.10. The molecule has 4 aliphatic carbocycles. The number of carbonyl (C=O) groups is 2. The monoisotopic (exact) mass is 397 g/mol. The maximum absolute atomic E-state index is 13.3. The van der Waals surface area contributed by atoms with Crippen LogP contribution < -0.4 is 11.1 Å². The Morgan fingerprint density at radius 1 is 1.11 bits per heavy atom. The van der Waals surface area contributed by atoms with Crippen LogP contribution >= 0.6 is 12.4 Å². The van der Waals surface area contributed by atoms with Crippen molar-refractivity contribution < 1.29 is 9.59 Å². The van der Waals surface area contributed by atoms with Gasteiger partial charge in [-0.1, -0.05) is 13.8 Å². The van der Waals surface area contributed by atoms with E-state index in [1.807, 2.05) is 18.7 Å². The Labute approximate surface area is 169 Å². The molecule has 0 aromatic heterocycles. The predicted molar refractivity (Wildman–Crippen MR) is 108 cm³/mol. The summed E-state index contributed by atoms with van der Waals surface area (Å²) in [6, 6.07) is -0.396. The summed E-state index contributed by atoms with van der Waals surface area (Å²) in [4.78, 5) is 28.3. The summed E-state index contributed by atoms with van der Waals surface area (Å²) >= 11 is 0. The second-order valence-corrected chi connectivity index (χ2v) is 10.1. The number of nitrogens with two attached hydrogens (primary N) is 1. The lowest BCUT2D eigenvalue weighted by atomic mass is 9.49. The molecule has 5 aliphatic rings. The molecule has 0 radical (unpaired) electrons. The summed E-state index contributed by atoms with van der Waals surface area (Å²) in [5, 5.41) is 3.22. The zero-order valence-electron chi connectivity index (χ0n) is 16.8. The molecule has 0 spiro atoms. The lowest BCUT2D eigenvalue weighted by Gasteiger charge is -2.56. The van der Waals surface area contributed by atoms with Crippen LogP contribution in [0.2, 0.25) is 0 Å². The Morgan fingerprint density at radius 3 is 2.11 bits per heavy atom. The van der Waals surface area contributed by atoms with E-state index in [1.165, 1.54) is 19.3 Å². The van der Waals surface area contributed by atoms with E-state index in [2.05, 4.69) is 5.32 Å². The minimum atomic E-state index is -0.396. The van der Waals surface area contributed by atoms with Gasteiger partial charge in [0.15, 0.2) is 0 Å². The van der Waals surface area contributed by atoms with Crippen molar-refractivity contribution in [3.05, 3.63) is 0 Å². The molecule has 3 N–H and O–H groups in total. The third-order valence-corrected chi connectivity index (χ3v) is 7.67. The maximum atomic E-state index is 13.3. The lowest BCUT2D eigenvalue weighted by Crippen LogP contribution is -2.58. The fraction of sp³-hybridized carbons (Fsp3) is 0.905. The van der Waals surface area contributed by atoms with Gasteiger partial charge >= 0.3 is 0 Å². The van der Waals surface area contributed by atoms with Gasteiger partial charge in [-0.2, -0.15) is 0 Å². The topological polar surface area (TPSA) is 75.4 Å². The number of hydrogen-bond donors (Lipinski definition) is 2. The zero-order valence-corrected chi connectivity index (χ0v) is 17.6. The van der Waals surface area contributed by atoms with Gasteiger partial charge in [0.1, 0.15) is 6.04 Å². The van der Waals surface area contributed by atoms with E-state index in [0.29, 0.717) is 12.5 Å². The van der Waals surface area contributed by atoms with Gasteiger partial charge in [0, 0.05) is 18.5 Å². The molecule has 2 unspecified atom stereocenters. The van der Waals surface area contributed by atoms with Crippen LogP contribution in [0.3, 0.4) is 0 Å². The van der Waals surface area contributed by atoms with E-state index < -0.39 is 6.04 Å². The minimum Gasteiger partial charge on any atom is -0.344 e. The molecule has 2 atom stereocenters. The molecule has 1 heterocycles. The van der Waals surface area contributed by atoms with Crippen LogP contribution in [0.4, 0.5) is 0 Å². The molecule has 5 rings (SSSR count). The van der Waals surface area contributed by atoms with Crippen LogP contribution in [-0.4, -0.2) is 42.4 Å². The van der Waals surface area contributed by atoms with E-state index in [4.69, 9.17) is 5.73 Å². The summed E-state index contributed by atoms with van der Waals surface area (Å²) < 4.78 is 0. The molecular formula is C21H36ClN3O2. The van der Waals surface area contributed by atoms with Gasteiger partial charge in [0.2, 0.25) is 11.8 Å². The standard InChI is InChI=1S/C21H35N3O2.ClH/c1-13(2)18(19(25)24-4-3-14(11-22)12-24)23-20(26)21-8-15-5-16(9-21)7-17(6-15)10-21;/h13-18H,3-12,22H2,1-2H3,(H,23,26);1H. The molecular weight excluding hydrogens is 362 g/mol. The second kappa shape index (κ2) is 7.90. The highest BCUT2D eigenvalue weighted by Crippen LogP contribution is 2.60. The number of nitrogens with one attached hydrogen (secondary N) is 1. The molecule has 5 fully saturated rings. The zero-order chi connectivity index (χ0) is 18.5. The van der Waals surface area contributed by atoms with E-state index >= 15 is 0 Å². The first kappa shape index (κ1) is 20.9. The number of rotatable bonds is 5. The molecule has 27 heavy (non-hydrogen) atoms. The van der Waals surface area contributed by atoms with Crippen molar-refractivity contribution in [2.75, 3.05) is 19.6 Å². The van der Waals surface area contributed by atoms with Gasteiger partial charge in [0.25, 0.3) is 0 Å². The van der Waals surface area contributed by atoms with E-state index in [0.717, 1.165) is 56.5 Å². The molecule has 0 aromatic rings. The molecule has 1 saturated heterocycles. The van der Waals surface area contributed by atoms with Gasteiger partial charge < -0.3 is 16.0 Å². The Hall–Kier alpha value is -0.810. The smallest absolute Gasteiger partial charge is 0.245 e. The maximum Gasteiger partial charge on any atom is 0.245 e. The number of carbonyl (C=O) groups excluding carboxylic acids is 2. The van der Waals surface area contributed by atoms with Gasteiger partial charge in [-0.25, -0.2) is 0 Å². The fourth-order valence-corrected chi connectivity index (χ4v) is 6.62. The van der Waals surface area contributed by atoms with E-state index in [1.54, 1.807) is 0 Å². The van der Waals surface area contributed by atoms with E-state index in [9.17, 15) is 9.59 Å². The molecule has 6 heteroatoms. The number of amides is 2. The molecule has 4 bridgehead atoms. The second-order valence-electron chi connectivity index (χ2n) is 10.1. The molecule has 2 amide bonds. The first-order valence-corrected chi connectivity index (χ1v) is 10.7. The first-order chi connectivity index (χ1) is 12.4. The molecule has 1 aliphatic heterocycles. The predicted octanol–water partition coefficient (Wildman–Crippen LogP) is 2.57. The Morgan fingerprint density at radius 2 is 1.67 bits per heavy atom. The van der Waals surface area contributed by atoms with Crippen molar-refractivity contribution in [1.29, 1.82) is 0 Å². The van der Waals surface area contributed by atoms with Crippen molar-refractivity contribution in [2.24, 2.45) is 40.7 Å². The van der Waals surface area contributed by atoms with Crippen LogP contribution in [0, 0.1) is 35.0 Å². The molecule has 4 saturated carbocycles. The van der Waals surface area contributed by atoms with Crippen molar-refractivity contribution in [1.82, 2.24) is 10.2 Å². The Bertz CT molecular complexity index is 544. The highest BCUT2D eigenvalue weighted by Gasteiger charge is 2.55. The summed E-state index contributed by atoms with van der Waals surface area (Å²) in [7, 11) is 0. The van der Waals surface area contributed by atoms with Crippen LogP contribution in [0.15, 0.2) is 0 Å². The highest BCUT2D eigenvalue weighted by molar-refractivity contribution is 5.90. The SMILES string of the molecule is CC(C)C(NC(=O)C12CC3CC(CC(C3)C1)C2)C(=O)N1CCC(CN)C1.Cl. The summed E-state index contributed by atoms with van der Waals surface area (Å²) in [5.41, 5.74) is 5.59. The first-order valence-electron chi connectivity index (χ1n) is 10.7. The van der Waals surface area contributed by atoms with Gasteiger partial charge in [-0.15, -0.1) is 12.4 Å². The van der Waals surface area contributed by atoms with Crippen molar-refractivity contribution in [3.63, 3.8) is 0 Å². The van der Waals surface area contributed by atoms with Crippen molar-refractivity contribution in [3.8, 4) is 0 Å². The highest BCUT2D eigenvalue weighted by atomic mass is 35.5. The third-order valence-electron chi connectivity index (χ3n) is 7.67. The minimum absolute atomic E-state index is 0. The Kier molecular flexibility index (Phi) is 6.12. The van der Waals surface area contributed by atoms with Gasteiger partial charge in [-0.3, -0.25) is 9.59 Å². The molecule has 0 aromatic carbocycles.